The number of amides is 2. The molecule has 0 bridgehead atoms. The average molecular weight is 466 g/mol. The van der Waals surface area contributed by atoms with Crippen LogP contribution < -0.4 is 15.4 Å². The molecule has 0 fully saturated rings. The van der Waals surface area contributed by atoms with Gasteiger partial charge in [0, 0.05) is 30.9 Å². The fraction of sp³-hybridized carbons (Fsp3) is 0.167. The Morgan fingerprint density at radius 1 is 1.03 bits per heavy atom. The molecule has 0 radical (unpaired) electrons. The SMILES string of the molecule is CCN(C)C(=N)c1ccc(C(=O)Nc2ccc(OC)cc2C(=O)Nc2ccc(Cl)cn2)cc1. The molecule has 3 N–H and O–H groups in total. The number of halogens is 1. The van der Waals surface area contributed by atoms with Gasteiger partial charge in [-0.1, -0.05) is 23.7 Å². The topological polar surface area (TPSA) is 107 Å². The van der Waals surface area contributed by atoms with Crippen LogP contribution in [-0.4, -0.2) is 48.2 Å². The molecule has 0 unspecified atom stereocenters. The summed E-state index contributed by atoms with van der Waals surface area (Å²) in [5, 5.41) is 14.1. The predicted octanol–water partition coefficient (Wildman–Crippen LogP) is 4.53. The lowest BCUT2D eigenvalue weighted by Crippen LogP contribution is -2.26. The second-order valence-corrected chi connectivity index (χ2v) is 7.56. The van der Waals surface area contributed by atoms with E-state index in [0.29, 0.717) is 45.8 Å². The number of anilines is 2. The van der Waals surface area contributed by atoms with E-state index in [-0.39, 0.29) is 11.5 Å². The van der Waals surface area contributed by atoms with Crippen LogP contribution in [0.5, 0.6) is 5.75 Å². The molecule has 1 heterocycles. The highest BCUT2D eigenvalue weighted by Gasteiger charge is 2.17. The smallest absolute Gasteiger partial charge is 0.259 e. The molecule has 8 nitrogen and oxygen atoms in total. The summed E-state index contributed by atoms with van der Waals surface area (Å²) in [6.07, 6.45) is 1.42. The predicted molar refractivity (Wildman–Crippen MR) is 130 cm³/mol. The molecule has 0 atom stereocenters. The number of ether oxygens (including phenoxy) is 1. The van der Waals surface area contributed by atoms with E-state index in [1.807, 2.05) is 14.0 Å². The van der Waals surface area contributed by atoms with E-state index < -0.39 is 5.91 Å². The Hall–Kier alpha value is -3.91. The van der Waals surface area contributed by atoms with Crippen molar-refractivity contribution in [2.24, 2.45) is 0 Å². The van der Waals surface area contributed by atoms with Gasteiger partial charge in [0.1, 0.15) is 17.4 Å². The molecule has 0 saturated carbocycles. The van der Waals surface area contributed by atoms with Crippen molar-refractivity contribution in [1.29, 1.82) is 5.41 Å². The highest BCUT2D eigenvalue weighted by Crippen LogP contribution is 2.24. The molecule has 9 heteroatoms. The van der Waals surface area contributed by atoms with E-state index in [2.05, 4.69) is 15.6 Å². The van der Waals surface area contributed by atoms with Gasteiger partial charge in [0.2, 0.25) is 0 Å². The molecule has 2 aromatic carbocycles. The van der Waals surface area contributed by atoms with Crippen molar-refractivity contribution in [3.8, 4) is 5.75 Å². The normalized spacial score (nSPS) is 10.3. The van der Waals surface area contributed by atoms with Crippen molar-refractivity contribution in [2.45, 2.75) is 6.92 Å². The van der Waals surface area contributed by atoms with Crippen LogP contribution in [0.1, 0.15) is 33.2 Å². The molecular weight excluding hydrogens is 442 g/mol. The molecule has 2 amide bonds. The first-order valence-corrected chi connectivity index (χ1v) is 10.5. The summed E-state index contributed by atoms with van der Waals surface area (Å²) >= 11 is 5.84. The van der Waals surface area contributed by atoms with Crippen LogP contribution in [-0.2, 0) is 0 Å². The summed E-state index contributed by atoms with van der Waals surface area (Å²) < 4.78 is 5.23. The Kier molecular flexibility index (Phi) is 7.63. The molecule has 33 heavy (non-hydrogen) atoms. The van der Waals surface area contributed by atoms with Crippen molar-refractivity contribution in [1.82, 2.24) is 9.88 Å². The van der Waals surface area contributed by atoms with Gasteiger partial charge in [-0.15, -0.1) is 0 Å². The van der Waals surface area contributed by atoms with E-state index in [4.69, 9.17) is 21.7 Å². The third kappa shape index (κ3) is 5.87. The lowest BCUT2D eigenvalue weighted by molar-refractivity contribution is 0.102. The second kappa shape index (κ2) is 10.6. The minimum Gasteiger partial charge on any atom is -0.497 e. The first kappa shape index (κ1) is 23.7. The Balaban J connectivity index is 1.81. The maximum atomic E-state index is 12.9. The molecule has 0 aliphatic rings. The average Bonchev–Trinajstić information content (AvgIpc) is 2.84. The van der Waals surface area contributed by atoms with E-state index in [9.17, 15) is 9.59 Å². The van der Waals surface area contributed by atoms with Gasteiger partial charge in [0.15, 0.2) is 0 Å². The summed E-state index contributed by atoms with van der Waals surface area (Å²) in [7, 11) is 3.32. The van der Waals surface area contributed by atoms with Gasteiger partial charge in [0.05, 0.1) is 23.4 Å². The van der Waals surface area contributed by atoms with Gasteiger partial charge in [-0.2, -0.15) is 0 Å². The number of methoxy groups -OCH3 is 1. The largest absolute Gasteiger partial charge is 0.497 e. The summed E-state index contributed by atoms with van der Waals surface area (Å²) in [5.74, 6) is 0.297. The number of pyridine rings is 1. The van der Waals surface area contributed by atoms with E-state index in [1.54, 1.807) is 53.4 Å². The van der Waals surface area contributed by atoms with Gasteiger partial charge in [-0.25, -0.2) is 4.98 Å². The van der Waals surface area contributed by atoms with E-state index >= 15 is 0 Å². The van der Waals surface area contributed by atoms with Gasteiger partial charge >= 0.3 is 0 Å². The number of nitrogens with one attached hydrogen (secondary N) is 3. The molecule has 1 aromatic heterocycles. The Morgan fingerprint density at radius 2 is 1.73 bits per heavy atom. The molecule has 3 rings (SSSR count). The number of amidine groups is 1. The zero-order chi connectivity index (χ0) is 24.0. The fourth-order valence-corrected chi connectivity index (χ4v) is 3.04. The van der Waals surface area contributed by atoms with Gasteiger partial charge in [-0.3, -0.25) is 15.0 Å². The molecular formula is C24H24ClN5O3. The van der Waals surface area contributed by atoms with Crippen molar-refractivity contribution in [3.05, 3.63) is 82.5 Å². The zero-order valence-corrected chi connectivity index (χ0v) is 19.2. The highest BCUT2D eigenvalue weighted by molar-refractivity contribution is 6.30. The van der Waals surface area contributed by atoms with Crippen LogP contribution in [0.4, 0.5) is 11.5 Å². The second-order valence-electron chi connectivity index (χ2n) is 7.12. The molecule has 0 saturated heterocycles. The van der Waals surface area contributed by atoms with Crippen LogP contribution in [0.25, 0.3) is 0 Å². The number of aromatic nitrogens is 1. The number of hydrogen-bond donors (Lipinski definition) is 3. The number of rotatable bonds is 7. The van der Waals surface area contributed by atoms with Crippen LogP contribution in [0.3, 0.4) is 0 Å². The molecule has 0 aliphatic carbocycles. The van der Waals surface area contributed by atoms with Crippen molar-refractivity contribution in [3.63, 3.8) is 0 Å². The third-order valence-corrected chi connectivity index (χ3v) is 5.19. The van der Waals surface area contributed by atoms with Crippen LogP contribution in [0, 0.1) is 5.41 Å². The minimum atomic E-state index is -0.467. The third-order valence-electron chi connectivity index (χ3n) is 4.97. The minimum absolute atomic E-state index is 0.211. The van der Waals surface area contributed by atoms with Gasteiger partial charge in [-0.05, 0) is 49.4 Å². The highest BCUT2D eigenvalue weighted by atomic mass is 35.5. The molecule has 0 spiro atoms. The van der Waals surface area contributed by atoms with E-state index in [0.717, 1.165) is 0 Å². The summed E-state index contributed by atoms with van der Waals surface area (Å²) in [4.78, 5) is 31.6. The lowest BCUT2D eigenvalue weighted by atomic mass is 10.1. The quantitative estimate of drug-likeness (QED) is 0.351. The monoisotopic (exact) mass is 465 g/mol. The zero-order valence-electron chi connectivity index (χ0n) is 18.5. The number of benzene rings is 2. The molecule has 0 aliphatic heterocycles. The Bertz CT molecular complexity index is 1160. The number of hydrogen-bond acceptors (Lipinski definition) is 5. The first-order chi connectivity index (χ1) is 15.8. The maximum absolute atomic E-state index is 12.9. The maximum Gasteiger partial charge on any atom is 0.259 e. The summed E-state index contributed by atoms with van der Waals surface area (Å²) in [5.41, 5.74) is 1.63. The van der Waals surface area contributed by atoms with Gasteiger partial charge < -0.3 is 20.3 Å². The standard InChI is InChI=1S/C24H24ClN5O3/c1-4-30(2)22(26)15-5-7-16(8-6-15)23(31)28-20-11-10-18(33-3)13-19(20)24(32)29-21-12-9-17(25)14-27-21/h5-14,26H,4H2,1-3H3,(H,28,31)(H,27,29,32). The fourth-order valence-electron chi connectivity index (χ4n) is 2.93. The Labute approximate surface area is 197 Å². The summed E-state index contributed by atoms with van der Waals surface area (Å²) in [6, 6.07) is 14.7. The van der Waals surface area contributed by atoms with Gasteiger partial charge in [0.25, 0.3) is 11.8 Å². The first-order valence-electron chi connectivity index (χ1n) is 10.1. The van der Waals surface area contributed by atoms with Crippen LogP contribution in [0.2, 0.25) is 5.02 Å². The Morgan fingerprint density at radius 3 is 2.33 bits per heavy atom. The number of carbonyl (C=O) groups is 2. The van der Waals surface area contributed by atoms with E-state index in [1.165, 1.54) is 19.4 Å². The van der Waals surface area contributed by atoms with Crippen molar-refractivity contribution in [2.75, 3.05) is 31.3 Å². The van der Waals surface area contributed by atoms with Crippen LogP contribution in [0.15, 0.2) is 60.8 Å². The molecule has 170 valence electrons. The number of nitrogens with zero attached hydrogens (tertiary/aromatic N) is 2. The van der Waals surface area contributed by atoms with Crippen LogP contribution >= 0.6 is 11.6 Å². The number of carbonyl (C=O) groups excluding carboxylic acids is 2. The molecule has 3 aromatic rings. The van der Waals surface area contributed by atoms with Crippen molar-refractivity contribution < 1.29 is 14.3 Å². The summed E-state index contributed by atoms with van der Waals surface area (Å²) in [6.45, 7) is 2.66. The van der Waals surface area contributed by atoms with Crippen molar-refractivity contribution >= 4 is 40.8 Å². The lowest BCUT2D eigenvalue weighted by Gasteiger charge is -2.18.